The molecule has 1 amide bonds. The van der Waals surface area contributed by atoms with Gasteiger partial charge in [-0.3, -0.25) is 0 Å². The largest absolute Gasteiger partial charge is 0.534 e. The first-order valence-corrected chi connectivity index (χ1v) is 11.9. The van der Waals surface area contributed by atoms with Gasteiger partial charge in [0.1, 0.15) is 11.4 Å². The predicted molar refractivity (Wildman–Crippen MR) is 120 cm³/mol. The highest BCUT2D eigenvalue weighted by molar-refractivity contribution is 7.88. The third kappa shape index (κ3) is 8.37. The van der Waals surface area contributed by atoms with Crippen molar-refractivity contribution in [1.82, 2.24) is 4.90 Å². The molecular formula is C22H25ClF3NO6S. The molecule has 0 radical (unpaired) electrons. The Kier molecular flexibility index (Phi) is 8.84. The summed E-state index contributed by atoms with van der Waals surface area (Å²) in [5.41, 5.74) is -5.49. The summed E-state index contributed by atoms with van der Waals surface area (Å²) in [5.74, 6) is -0.516. The summed E-state index contributed by atoms with van der Waals surface area (Å²) in [6.45, 7) is 4.91. The molecule has 2 rings (SSSR count). The van der Waals surface area contributed by atoms with Gasteiger partial charge >= 0.3 is 21.7 Å². The topological polar surface area (TPSA) is 93.1 Å². The van der Waals surface area contributed by atoms with Crippen LogP contribution in [0.2, 0.25) is 5.02 Å². The first-order valence-electron chi connectivity index (χ1n) is 10.1. The van der Waals surface area contributed by atoms with E-state index in [4.69, 9.17) is 16.3 Å². The Balaban J connectivity index is 2.18. The van der Waals surface area contributed by atoms with Crippen molar-refractivity contribution in [2.45, 2.75) is 44.4 Å². The lowest BCUT2D eigenvalue weighted by atomic mass is 10.1. The summed E-state index contributed by atoms with van der Waals surface area (Å²) in [4.78, 5) is 14.0. The minimum atomic E-state index is -5.81. The Hall–Kier alpha value is -2.50. The fraction of sp³-hybridized carbons (Fsp3) is 0.409. The van der Waals surface area contributed by atoms with Crippen LogP contribution >= 0.6 is 11.6 Å². The third-order valence-electron chi connectivity index (χ3n) is 4.34. The number of carbonyl (C=O) groups is 1. The average molecular weight is 524 g/mol. The quantitative estimate of drug-likeness (QED) is 0.383. The number of aliphatic hydroxyl groups is 1. The zero-order chi connectivity index (χ0) is 25.7. The Morgan fingerprint density at radius 3 is 2.35 bits per heavy atom. The van der Waals surface area contributed by atoms with Gasteiger partial charge in [0, 0.05) is 11.6 Å². The van der Waals surface area contributed by atoms with E-state index in [0.717, 1.165) is 12.1 Å². The summed E-state index contributed by atoms with van der Waals surface area (Å²) in [6, 6.07) is 11.6. The number of carbonyl (C=O) groups excluding carboxylic acids is 1. The molecule has 0 heterocycles. The van der Waals surface area contributed by atoms with Crippen LogP contribution in [0.15, 0.2) is 48.5 Å². The molecule has 0 fully saturated rings. The number of aliphatic hydroxyl groups excluding tert-OH is 1. The van der Waals surface area contributed by atoms with Gasteiger partial charge in [-0.25, -0.2) is 4.79 Å². The highest BCUT2D eigenvalue weighted by Gasteiger charge is 2.48. The molecule has 0 aliphatic carbocycles. The van der Waals surface area contributed by atoms with Gasteiger partial charge in [-0.1, -0.05) is 35.9 Å². The van der Waals surface area contributed by atoms with Crippen molar-refractivity contribution in [3.63, 3.8) is 0 Å². The molecule has 0 aliphatic heterocycles. The number of benzene rings is 2. The van der Waals surface area contributed by atoms with Crippen molar-refractivity contribution < 1.29 is 40.4 Å². The van der Waals surface area contributed by atoms with Crippen molar-refractivity contribution in [3.8, 4) is 5.75 Å². The van der Waals surface area contributed by atoms with Crippen LogP contribution in [0.4, 0.5) is 18.0 Å². The van der Waals surface area contributed by atoms with E-state index in [-0.39, 0.29) is 19.5 Å². The van der Waals surface area contributed by atoms with E-state index in [1.165, 1.54) is 17.0 Å². The number of nitrogens with zero attached hydrogens (tertiary/aromatic N) is 1. The highest BCUT2D eigenvalue weighted by Crippen LogP contribution is 2.27. The van der Waals surface area contributed by atoms with Crippen LogP contribution in [0.3, 0.4) is 0 Å². The summed E-state index contributed by atoms with van der Waals surface area (Å²) < 4.78 is 69.8. The van der Waals surface area contributed by atoms with Crippen LogP contribution in [-0.4, -0.2) is 48.7 Å². The van der Waals surface area contributed by atoms with Gasteiger partial charge in [-0.05, 0) is 62.6 Å². The van der Waals surface area contributed by atoms with E-state index in [1.54, 1.807) is 45.0 Å². The number of amides is 1. The lowest BCUT2D eigenvalue weighted by molar-refractivity contribution is -0.0500. The van der Waals surface area contributed by atoms with Gasteiger partial charge in [0.15, 0.2) is 0 Å². The van der Waals surface area contributed by atoms with Crippen molar-refractivity contribution in [3.05, 3.63) is 64.7 Å². The van der Waals surface area contributed by atoms with Crippen molar-refractivity contribution in [1.29, 1.82) is 0 Å². The van der Waals surface area contributed by atoms with E-state index >= 15 is 0 Å². The molecular weight excluding hydrogens is 499 g/mol. The standard InChI is InChI=1S/C22H25ClF3NO6S/c1-21(2,3)32-20(29)27(14-19(28)16-7-5-8-17(23)13-16)11-10-15-6-4-9-18(12-15)33-34(30,31)22(24,25)26/h4-9,12-13,19,28H,10-11,14H2,1-3H3/t19-/m0/s1. The Morgan fingerprint density at radius 2 is 1.76 bits per heavy atom. The molecule has 0 bridgehead atoms. The minimum Gasteiger partial charge on any atom is -0.444 e. The van der Waals surface area contributed by atoms with Gasteiger partial charge in [0.2, 0.25) is 0 Å². The summed E-state index contributed by atoms with van der Waals surface area (Å²) >= 11 is 5.96. The minimum absolute atomic E-state index is 0.0159. The fourth-order valence-electron chi connectivity index (χ4n) is 2.80. The van der Waals surface area contributed by atoms with Gasteiger partial charge in [-0.15, -0.1) is 0 Å². The Labute approximate surface area is 201 Å². The van der Waals surface area contributed by atoms with Crippen LogP contribution in [0, 0.1) is 0 Å². The highest BCUT2D eigenvalue weighted by atomic mass is 35.5. The van der Waals surface area contributed by atoms with Crippen LogP contribution in [0.5, 0.6) is 5.75 Å². The Morgan fingerprint density at radius 1 is 1.12 bits per heavy atom. The summed E-state index contributed by atoms with van der Waals surface area (Å²) in [6.07, 6.45) is -1.68. The molecule has 12 heteroatoms. The second-order valence-electron chi connectivity index (χ2n) is 8.38. The van der Waals surface area contributed by atoms with E-state index in [2.05, 4.69) is 4.18 Å². The molecule has 7 nitrogen and oxygen atoms in total. The first kappa shape index (κ1) is 27.7. The van der Waals surface area contributed by atoms with Crippen molar-refractivity contribution in [2.24, 2.45) is 0 Å². The van der Waals surface area contributed by atoms with Crippen LogP contribution in [0.1, 0.15) is 38.0 Å². The maximum atomic E-state index is 12.7. The second kappa shape index (κ2) is 10.8. The lowest BCUT2D eigenvalue weighted by Crippen LogP contribution is -2.40. The number of hydrogen-bond acceptors (Lipinski definition) is 6. The number of halogens is 4. The van der Waals surface area contributed by atoms with E-state index < -0.39 is 39.2 Å². The Bertz CT molecular complexity index is 1100. The molecule has 1 atom stereocenters. The maximum absolute atomic E-state index is 12.7. The van der Waals surface area contributed by atoms with Gasteiger partial charge < -0.3 is 18.9 Å². The molecule has 1 N–H and O–H groups in total. The lowest BCUT2D eigenvalue weighted by Gasteiger charge is -2.29. The zero-order valence-corrected chi connectivity index (χ0v) is 20.2. The third-order valence-corrected chi connectivity index (χ3v) is 5.55. The SMILES string of the molecule is CC(C)(C)OC(=O)N(CCc1cccc(OS(=O)(=O)C(F)(F)F)c1)C[C@H](O)c1cccc(Cl)c1. The maximum Gasteiger partial charge on any atom is 0.534 e. The molecule has 34 heavy (non-hydrogen) atoms. The number of rotatable bonds is 8. The monoisotopic (exact) mass is 523 g/mol. The van der Waals surface area contributed by atoms with Gasteiger partial charge in [-0.2, -0.15) is 21.6 Å². The number of ether oxygens (including phenoxy) is 1. The van der Waals surface area contributed by atoms with Crippen LogP contribution in [-0.2, 0) is 21.3 Å². The summed E-state index contributed by atoms with van der Waals surface area (Å²) in [5, 5.41) is 11.0. The number of hydrogen-bond donors (Lipinski definition) is 1. The van der Waals surface area contributed by atoms with Crippen LogP contribution < -0.4 is 4.18 Å². The average Bonchev–Trinajstić information content (AvgIpc) is 2.68. The number of alkyl halides is 3. The molecule has 0 saturated heterocycles. The molecule has 0 spiro atoms. The van der Waals surface area contributed by atoms with E-state index in [0.29, 0.717) is 16.1 Å². The van der Waals surface area contributed by atoms with E-state index in [9.17, 15) is 31.5 Å². The van der Waals surface area contributed by atoms with E-state index in [1.807, 2.05) is 0 Å². The second-order valence-corrected chi connectivity index (χ2v) is 10.4. The van der Waals surface area contributed by atoms with Crippen molar-refractivity contribution in [2.75, 3.05) is 13.1 Å². The molecule has 0 aliphatic rings. The van der Waals surface area contributed by atoms with Crippen molar-refractivity contribution >= 4 is 27.8 Å². The fourth-order valence-corrected chi connectivity index (χ4v) is 3.45. The molecule has 0 saturated carbocycles. The molecule has 0 unspecified atom stereocenters. The normalized spacial score (nSPS) is 13.3. The van der Waals surface area contributed by atoms with Gasteiger partial charge in [0.05, 0.1) is 12.6 Å². The van der Waals surface area contributed by atoms with Gasteiger partial charge in [0.25, 0.3) is 0 Å². The summed E-state index contributed by atoms with van der Waals surface area (Å²) in [7, 11) is -5.81. The predicted octanol–water partition coefficient (Wildman–Crippen LogP) is 5.08. The molecule has 0 aromatic heterocycles. The molecule has 188 valence electrons. The van der Waals surface area contributed by atoms with Crippen LogP contribution in [0.25, 0.3) is 0 Å². The smallest absolute Gasteiger partial charge is 0.444 e. The molecule has 2 aromatic rings. The molecule has 2 aromatic carbocycles. The zero-order valence-electron chi connectivity index (χ0n) is 18.7. The first-order chi connectivity index (χ1) is 15.6.